The van der Waals surface area contributed by atoms with Gasteiger partial charge in [0.25, 0.3) is 0 Å². The molecule has 1 aromatic carbocycles. The molecule has 0 saturated carbocycles. The molecule has 0 radical (unpaired) electrons. The van der Waals surface area contributed by atoms with Gasteiger partial charge in [-0.05, 0) is 18.2 Å². The zero-order valence-electron chi connectivity index (χ0n) is 12.9. The van der Waals surface area contributed by atoms with Crippen LogP contribution in [0.5, 0.6) is 0 Å². The third-order valence-electron chi connectivity index (χ3n) is 3.56. The molecule has 3 aromatic heterocycles. The van der Waals surface area contributed by atoms with E-state index in [0.29, 0.717) is 28.5 Å². The summed E-state index contributed by atoms with van der Waals surface area (Å²) in [6, 6.07) is 7.21. The summed E-state index contributed by atoms with van der Waals surface area (Å²) in [4.78, 5) is 4.25. The maximum atomic E-state index is 6.00. The molecule has 0 saturated heterocycles. The van der Waals surface area contributed by atoms with E-state index in [1.807, 2.05) is 29.1 Å². The van der Waals surface area contributed by atoms with E-state index in [1.165, 1.54) is 11.3 Å². The Labute approximate surface area is 157 Å². The van der Waals surface area contributed by atoms with E-state index in [0.717, 1.165) is 11.3 Å². The standard InChI is InChI=1S/C15H11ClN6OS2/c1-22-12(10-6-25-7-17-10)18-19-13(22)11(24)15-21-20-14(23-15)8-3-2-4-9(16)5-8/h2-7,11,24H,1H3. The van der Waals surface area contributed by atoms with Crippen molar-refractivity contribution >= 4 is 35.6 Å². The maximum Gasteiger partial charge on any atom is 0.247 e. The lowest BCUT2D eigenvalue weighted by atomic mass is 10.2. The normalized spacial score (nSPS) is 12.4. The van der Waals surface area contributed by atoms with Crippen molar-refractivity contribution in [2.75, 3.05) is 0 Å². The number of benzene rings is 1. The van der Waals surface area contributed by atoms with Gasteiger partial charge in [-0.3, -0.25) is 0 Å². The quantitative estimate of drug-likeness (QED) is 0.535. The highest BCUT2D eigenvalue weighted by atomic mass is 35.5. The molecule has 1 unspecified atom stereocenters. The molecule has 1 atom stereocenters. The number of thiol groups is 1. The number of thiazole rings is 1. The zero-order valence-corrected chi connectivity index (χ0v) is 15.3. The van der Waals surface area contributed by atoms with Gasteiger partial charge in [0.15, 0.2) is 11.6 Å². The molecule has 126 valence electrons. The molecule has 0 amide bonds. The second-order valence-electron chi connectivity index (χ2n) is 5.17. The average molecular weight is 391 g/mol. The van der Waals surface area contributed by atoms with E-state index in [-0.39, 0.29) is 0 Å². The van der Waals surface area contributed by atoms with Gasteiger partial charge >= 0.3 is 0 Å². The first-order chi connectivity index (χ1) is 12.1. The lowest BCUT2D eigenvalue weighted by Gasteiger charge is -2.06. The van der Waals surface area contributed by atoms with E-state index in [4.69, 9.17) is 16.0 Å². The fraction of sp³-hybridized carbons (Fsp3) is 0.133. The Balaban J connectivity index is 1.65. The average Bonchev–Trinajstić information content (AvgIpc) is 3.35. The molecule has 0 aliphatic heterocycles. The van der Waals surface area contributed by atoms with Crippen molar-refractivity contribution in [2.45, 2.75) is 5.25 Å². The summed E-state index contributed by atoms with van der Waals surface area (Å²) in [6.45, 7) is 0. The van der Waals surface area contributed by atoms with E-state index in [1.54, 1.807) is 17.6 Å². The van der Waals surface area contributed by atoms with Gasteiger partial charge in [-0.1, -0.05) is 17.7 Å². The Bertz CT molecular complexity index is 1010. The van der Waals surface area contributed by atoms with Gasteiger partial charge in [-0.25, -0.2) is 4.98 Å². The predicted molar refractivity (Wildman–Crippen MR) is 97.7 cm³/mol. The maximum absolute atomic E-state index is 6.00. The molecule has 4 aromatic rings. The molecular weight excluding hydrogens is 380 g/mol. The summed E-state index contributed by atoms with van der Waals surface area (Å²) < 4.78 is 7.56. The molecule has 7 nitrogen and oxygen atoms in total. The van der Waals surface area contributed by atoms with Crippen molar-refractivity contribution in [1.82, 2.24) is 29.9 Å². The number of aromatic nitrogens is 6. The van der Waals surface area contributed by atoms with Crippen LogP contribution in [0.2, 0.25) is 5.02 Å². The minimum atomic E-state index is -0.509. The molecule has 3 heterocycles. The van der Waals surface area contributed by atoms with E-state index in [2.05, 4.69) is 38.0 Å². The number of hydrogen-bond acceptors (Lipinski definition) is 8. The molecule has 0 spiro atoms. The second kappa shape index (κ2) is 6.58. The first-order valence-electron chi connectivity index (χ1n) is 7.18. The van der Waals surface area contributed by atoms with Crippen LogP contribution in [0.3, 0.4) is 0 Å². The van der Waals surface area contributed by atoms with Crippen LogP contribution in [0.4, 0.5) is 0 Å². The molecule has 25 heavy (non-hydrogen) atoms. The fourth-order valence-corrected chi connectivity index (χ4v) is 3.37. The highest BCUT2D eigenvalue weighted by Gasteiger charge is 2.24. The Morgan fingerprint density at radius 2 is 2.12 bits per heavy atom. The fourth-order valence-electron chi connectivity index (χ4n) is 2.32. The lowest BCUT2D eigenvalue weighted by molar-refractivity contribution is 0.508. The van der Waals surface area contributed by atoms with Gasteiger partial charge in [-0.2, -0.15) is 12.6 Å². The van der Waals surface area contributed by atoms with Gasteiger partial charge in [-0.15, -0.1) is 31.7 Å². The predicted octanol–water partition coefficient (Wildman–Crippen LogP) is 3.66. The van der Waals surface area contributed by atoms with Crippen LogP contribution in [0.25, 0.3) is 23.0 Å². The number of nitrogens with zero attached hydrogens (tertiary/aromatic N) is 6. The van der Waals surface area contributed by atoms with E-state index in [9.17, 15) is 0 Å². The smallest absolute Gasteiger partial charge is 0.247 e. The third-order valence-corrected chi connectivity index (χ3v) is 4.83. The van der Waals surface area contributed by atoms with Gasteiger partial charge in [0.2, 0.25) is 11.8 Å². The molecule has 0 aliphatic rings. The van der Waals surface area contributed by atoms with Crippen LogP contribution >= 0.6 is 35.6 Å². The van der Waals surface area contributed by atoms with Crippen molar-refractivity contribution in [3.8, 4) is 23.0 Å². The van der Waals surface area contributed by atoms with Crippen LogP contribution in [-0.4, -0.2) is 29.9 Å². The molecular formula is C15H11ClN6OS2. The minimum absolute atomic E-state index is 0.332. The largest absolute Gasteiger partial charge is 0.419 e. The SMILES string of the molecule is Cn1c(-c2cscn2)nnc1C(S)c1nnc(-c2cccc(Cl)c2)o1. The number of rotatable bonds is 4. The third kappa shape index (κ3) is 3.06. The van der Waals surface area contributed by atoms with E-state index >= 15 is 0 Å². The van der Waals surface area contributed by atoms with Crippen LogP contribution in [0.1, 0.15) is 17.0 Å². The van der Waals surface area contributed by atoms with Gasteiger partial charge in [0.05, 0.1) is 5.51 Å². The van der Waals surface area contributed by atoms with Crippen molar-refractivity contribution in [3.63, 3.8) is 0 Å². The Morgan fingerprint density at radius 1 is 1.24 bits per heavy atom. The van der Waals surface area contributed by atoms with Crippen LogP contribution in [0.15, 0.2) is 39.6 Å². The molecule has 0 aliphatic carbocycles. The molecule has 10 heteroatoms. The van der Waals surface area contributed by atoms with Gasteiger partial charge in [0, 0.05) is 23.0 Å². The van der Waals surface area contributed by atoms with Crippen molar-refractivity contribution in [3.05, 3.63) is 51.9 Å². The van der Waals surface area contributed by atoms with Gasteiger partial charge in [0.1, 0.15) is 10.9 Å². The molecule has 0 fully saturated rings. The Hall–Kier alpha value is -2.23. The highest BCUT2D eigenvalue weighted by molar-refractivity contribution is 7.80. The van der Waals surface area contributed by atoms with Crippen LogP contribution < -0.4 is 0 Å². The number of hydrogen-bond donors (Lipinski definition) is 1. The van der Waals surface area contributed by atoms with Crippen molar-refractivity contribution in [1.29, 1.82) is 0 Å². The topological polar surface area (TPSA) is 82.5 Å². The van der Waals surface area contributed by atoms with E-state index < -0.39 is 5.25 Å². The zero-order chi connectivity index (χ0) is 17.4. The summed E-state index contributed by atoms with van der Waals surface area (Å²) in [6.07, 6.45) is 0. The lowest BCUT2D eigenvalue weighted by Crippen LogP contribution is -2.04. The molecule has 4 rings (SSSR count). The summed E-state index contributed by atoms with van der Waals surface area (Å²) in [5.74, 6) is 1.95. The molecule has 0 N–H and O–H groups in total. The van der Waals surface area contributed by atoms with Crippen LogP contribution in [-0.2, 0) is 7.05 Å². The van der Waals surface area contributed by atoms with Crippen molar-refractivity contribution in [2.24, 2.45) is 7.05 Å². The summed E-state index contributed by atoms with van der Waals surface area (Å²) in [5, 5.41) is 18.5. The first kappa shape index (κ1) is 16.2. The Kier molecular flexibility index (Phi) is 4.28. The van der Waals surface area contributed by atoms with Gasteiger partial charge < -0.3 is 8.98 Å². The highest BCUT2D eigenvalue weighted by Crippen LogP contribution is 2.30. The minimum Gasteiger partial charge on any atom is -0.419 e. The summed E-state index contributed by atoms with van der Waals surface area (Å²) in [5.41, 5.74) is 3.25. The summed E-state index contributed by atoms with van der Waals surface area (Å²) >= 11 is 12.1. The monoisotopic (exact) mass is 390 g/mol. The Morgan fingerprint density at radius 3 is 2.88 bits per heavy atom. The van der Waals surface area contributed by atoms with Crippen LogP contribution in [0, 0.1) is 0 Å². The molecule has 0 bridgehead atoms. The second-order valence-corrected chi connectivity index (χ2v) is 6.84. The first-order valence-corrected chi connectivity index (χ1v) is 9.02. The number of halogens is 1. The van der Waals surface area contributed by atoms with Crippen molar-refractivity contribution < 1.29 is 4.42 Å². The summed E-state index contributed by atoms with van der Waals surface area (Å²) in [7, 11) is 1.85.